The first-order valence-electron chi connectivity index (χ1n) is 8.89. The summed E-state index contributed by atoms with van der Waals surface area (Å²) in [6.07, 6.45) is -3.29. The molecule has 1 atom stereocenters. The van der Waals surface area contributed by atoms with Gasteiger partial charge in [-0.05, 0) is 49.7 Å². The molecule has 0 spiro atoms. The smallest absolute Gasteiger partial charge is 0.361 e. The lowest BCUT2D eigenvalue weighted by atomic mass is 10.0. The van der Waals surface area contributed by atoms with Crippen LogP contribution in [0.25, 0.3) is 0 Å². The molecule has 164 valence electrons. The fourth-order valence-corrected chi connectivity index (χ4v) is 2.70. The molecule has 2 aromatic heterocycles. The van der Waals surface area contributed by atoms with Crippen molar-refractivity contribution < 1.29 is 22.1 Å². The second-order valence-electron chi connectivity index (χ2n) is 5.81. The minimum absolute atomic E-state index is 0.0622. The number of aryl methyl sites for hydroxylation is 2. The lowest BCUT2D eigenvalue weighted by Crippen LogP contribution is -2.16. The largest absolute Gasteiger partial charge is 0.416 e. The van der Waals surface area contributed by atoms with Crippen molar-refractivity contribution in [3.8, 4) is 0 Å². The van der Waals surface area contributed by atoms with E-state index in [0.717, 1.165) is 23.6 Å². The van der Waals surface area contributed by atoms with Crippen molar-refractivity contribution in [1.29, 1.82) is 0 Å². The molecule has 0 amide bonds. The molecular weight excluding hydrogens is 442 g/mol. The summed E-state index contributed by atoms with van der Waals surface area (Å²) in [6.45, 7) is 7.77. The molecule has 0 saturated carbocycles. The standard InChI is InChI=1S/C13H9ClF4N2S.C5H7NO.C2H6/c14-9-1-2-11(19-6-9)12(20-21)7-3-8(13(16,17)18)5-10(15)4-7;1-4-3-5(2)7-6-4;1-2/h1-6,12,20-21H;3H,1-2H3;1-2H3/t12-;;/m0../s1. The second-order valence-corrected chi connectivity index (χ2v) is 6.51. The second kappa shape index (κ2) is 11.9. The Morgan fingerprint density at radius 1 is 1.10 bits per heavy atom. The highest BCUT2D eigenvalue weighted by Crippen LogP contribution is 2.33. The van der Waals surface area contributed by atoms with Crippen molar-refractivity contribution in [1.82, 2.24) is 14.9 Å². The van der Waals surface area contributed by atoms with Gasteiger partial charge in [0.25, 0.3) is 0 Å². The molecule has 1 aromatic carbocycles. The highest BCUT2D eigenvalue weighted by atomic mass is 35.5. The van der Waals surface area contributed by atoms with Crippen LogP contribution in [0.2, 0.25) is 5.02 Å². The SMILES string of the molecule is CC.Cc1cc(C)on1.Fc1cc([C@H](NS)c2ccc(Cl)cn2)cc(C(F)(F)F)c1. The van der Waals surface area contributed by atoms with Gasteiger partial charge in [-0.1, -0.05) is 43.4 Å². The third kappa shape index (κ3) is 7.97. The number of nitrogens with zero attached hydrogens (tertiary/aromatic N) is 2. The maximum atomic E-state index is 13.4. The molecule has 0 bridgehead atoms. The molecule has 0 aliphatic carbocycles. The molecule has 0 aliphatic heterocycles. The minimum atomic E-state index is -4.63. The number of thiol groups is 1. The van der Waals surface area contributed by atoms with Crippen molar-refractivity contribution >= 4 is 24.4 Å². The lowest BCUT2D eigenvalue weighted by Gasteiger charge is -2.17. The van der Waals surface area contributed by atoms with E-state index in [2.05, 4.69) is 27.7 Å². The van der Waals surface area contributed by atoms with Crippen LogP contribution in [0.5, 0.6) is 0 Å². The van der Waals surface area contributed by atoms with Gasteiger partial charge in [0, 0.05) is 12.3 Å². The first-order valence-corrected chi connectivity index (χ1v) is 9.71. The van der Waals surface area contributed by atoms with E-state index >= 15 is 0 Å². The van der Waals surface area contributed by atoms with Crippen LogP contribution in [0.3, 0.4) is 0 Å². The zero-order valence-electron chi connectivity index (χ0n) is 16.8. The van der Waals surface area contributed by atoms with Crippen molar-refractivity contribution in [2.24, 2.45) is 0 Å². The van der Waals surface area contributed by atoms with Crippen LogP contribution in [-0.2, 0) is 6.18 Å². The van der Waals surface area contributed by atoms with Gasteiger partial charge < -0.3 is 4.52 Å². The van der Waals surface area contributed by atoms with E-state index in [9.17, 15) is 17.6 Å². The summed E-state index contributed by atoms with van der Waals surface area (Å²) in [4.78, 5) is 4.00. The summed E-state index contributed by atoms with van der Waals surface area (Å²) in [7, 11) is 0. The van der Waals surface area contributed by atoms with E-state index in [-0.39, 0.29) is 5.56 Å². The maximum absolute atomic E-state index is 13.4. The number of rotatable bonds is 3. The average molecular weight is 464 g/mol. The van der Waals surface area contributed by atoms with Crippen LogP contribution in [0.15, 0.2) is 47.1 Å². The van der Waals surface area contributed by atoms with Gasteiger partial charge in [-0.15, -0.1) is 0 Å². The molecular formula is C20H22ClF4N3OS. The first-order chi connectivity index (χ1) is 14.1. The Balaban J connectivity index is 0.000000418. The molecule has 3 rings (SSSR count). The molecule has 0 aliphatic rings. The highest BCUT2D eigenvalue weighted by molar-refractivity contribution is 7.78. The van der Waals surface area contributed by atoms with Crippen LogP contribution >= 0.6 is 24.4 Å². The molecule has 0 saturated heterocycles. The van der Waals surface area contributed by atoms with E-state index in [1.165, 1.54) is 18.3 Å². The summed E-state index contributed by atoms with van der Waals surface area (Å²) < 4.78 is 58.9. The van der Waals surface area contributed by atoms with Gasteiger partial charge in [0.15, 0.2) is 0 Å². The Labute approximate surface area is 183 Å². The molecule has 10 heteroatoms. The van der Waals surface area contributed by atoms with Crippen LogP contribution in [0.1, 0.15) is 48.2 Å². The number of hydrogen-bond donors (Lipinski definition) is 2. The maximum Gasteiger partial charge on any atom is 0.416 e. The Kier molecular flexibility index (Phi) is 10.3. The van der Waals surface area contributed by atoms with Crippen LogP contribution < -0.4 is 4.72 Å². The van der Waals surface area contributed by atoms with Gasteiger partial charge in [0.05, 0.1) is 28.0 Å². The van der Waals surface area contributed by atoms with Gasteiger partial charge in [-0.2, -0.15) is 13.2 Å². The fourth-order valence-electron chi connectivity index (χ4n) is 2.30. The fraction of sp³-hybridized carbons (Fsp3) is 0.300. The molecule has 3 aromatic rings. The molecule has 2 heterocycles. The average Bonchev–Trinajstić information content (AvgIpc) is 3.07. The van der Waals surface area contributed by atoms with Gasteiger partial charge in [0.2, 0.25) is 0 Å². The predicted molar refractivity (Wildman–Crippen MR) is 112 cm³/mol. The molecule has 4 nitrogen and oxygen atoms in total. The summed E-state index contributed by atoms with van der Waals surface area (Å²) >= 11 is 9.58. The van der Waals surface area contributed by atoms with Gasteiger partial charge >= 0.3 is 6.18 Å². The van der Waals surface area contributed by atoms with Gasteiger partial charge in [-0.3, -0.25) is 9.71 Å². The number of pyridine rings is 1. The topological polar surface area (TPSA) is 51.0 Å². The van der Waals surface area contributed by atoms with Crippen molar-refractivity contribution in [2.45, 2.75) is 39.9 Å². The highest BCUT2D eigenvalue weighted by Gasteiger charge is 2.32. The number of benzene rings is 1. The number of hydrogen-bond acceptors (Lipinski definition) is 5. The van der Waals surface area contributed by atoms with Gasteiger partial charge in [0.1, 0.15) is 11.6 Å². The third-order valence-electron chi connectivity index (χ3n) is 3.50. The van der Waals surface area contributed by atoms with Crippen molar-refractivity contribution in [3.63, 3.8) is 0 Å². The lowest BCUT2D eigenvalue weighted by molar-refractivity contribution is -0.137. The van der Waals surface area contributed by atoms with Crippen LogP contribution in [0.4, 0.5) is 17.6 Å². The van der Waals surface area contributed by atoms with Crippen molar-refractivity contribution in [3.05, 3.63) is 81.7 Å². The first kappa shape index (κ1) is 25.9. The van der Waals surface area contributed by atoms with E-state index in [0.29, 0.717) is 16.8 Å². The summed E-state index contributed by atoms with van der Waals surface area (Å²) in [5.74, 6) is -0.111. The number of halogens is 5. The Morgan fingerprint density at radius 2 is 1.77 bits per heavy atom. The zero-order chi connectivity index (χ0) is 22.9. The Bertz CT molecular complexity index is 901. The Hall–Kier alpha value is -2.10. The summed E-state index contributed by atoms with van der Waals surface area (Å²) in [5, 5.41) is 4.02. The quantitative estimate of drug-likeness (QED) is 0.334. The van der Waals surface area contributed by atoms with E-state index in [4.69, 9.17) is 16.1 Å². The summed E-state index contributed by atoms with van der Waals surface area (Å²) in [6, 6.07) is 6.43. The zero-order valence-corrected chi connectivity index (χ0v) is 18.4. The van der Waals surface area contributed by atoms with Crippen LogP contribution in [0, 0.1) is 19.7 Å². The Morgan fingerprint density at radius 3 is 2.17 bits per heavy atom. The predicted octanol–water partition coefficient (Wildman–Crippen LogP) is 6.73. The molecule has 0 radical (unpaired) electrons. The number of aromatic nitrogens is 2. The minimum Gasteiger partial charge on any atom is -0.361 e. The normalized spacial score (nSPS) is 11.7. The number of alkyl halides is 3. The molecule has 30 heavy (non-hydrogen) atoms. The molecule has 1 N–H and O–H groups in total. The third-order valence-corrected chi connectivity index (χ3v) is 3.98. The monoisotopic (exact) mass is 463 g/mol. The molecule has 0 fully saturated rings. The van der Waals surface area contributed by atoms with E-state index < -0.39 is 23.6 Å². The number of nitrogens with one attached hydrogen (secondary N) is 1. The van der Waals surface area contributed by atoms with Crippen LogP contribution in [-0.4, -0.2) is 10.1 Å². The molecule has 0 unspecified atom stereocenters. The summed E-state index contributed by atoms with van der Waals surface area (Å²) in [5.41, 5.74) is 0.304. The van der Waals surface area contributed by atoms with Gasteiger partial charge in [-0.25, -0.2) is 4.39 Å². The van der Waals surface area contributed by atoms with E-state index in [1.54, 1.807) is 0 Å². The van der Waals surface area contributed by atoms with E-state index in [1.807, 2.05) is 33.8 Å². The van der Waals surface area contributed by atoms with Crippen molar-refractivity contribution in [2.75, 3.05) is 0 Å².